The molecule has 8 nitrogen and oxygen atoms in total. The molecule has 35 heavy (non-hydrogen) atoms. The molecule has 2 aromatic carbocycles. The second-order valence-electron chi connectivity index (χ2n) is 9.43. The van der Waals surface area contributed by atoms with Gasteiger partial charge >= 0.3 is 0 Å². The van der Waals surface area contributed by atoms with E-state index in [1.165, 1.54) is 5.56 Å². The van der Waals surface area contributed by atoms with Crippen LogP contribution in [0.3, 0.4) is 0 Å². The maximum atomic E-state index is 13.1. The molecule has 3 heterocycles. The average Bonchev–Trinajstić information content (AvgIpc) is 2.85. The fourth-order valence-corrected chi connectivity index (χ4v) is 4.90. The van der Waals surface area contributed by atoms with Gasteiger partial charge in [-0.05, 0) is 49.8 Å². The highest BCUT2D eigenvalue weighted by atomic mass is 16.2. The number of aromatic nitrogens is 2. The SMILES string of the molecule is Cc1ccc(NC(=O)[C@H]2CC(=O)Nc3nc(N4CCC(Cc5ccccc5)CC4)[nH]c(=O)c32)cc1. The van der Waals surface area contributed by atoms with Crippen LogP contribution in [0.5, 0.6) is 0 Å². The Balaban J connectivity index is 1.31. The summed E-state index contributed by atoms with van der Waals surface area (Å²) in [4.78, 5) is 48.0. The van der Waals surface area contributed by atoms with Crippen molar-refractivity contribution in [1.29, 1.82) is 0 Å². The van der Waals surface area contributed by atoms with Crippen molar-refractivity contribution in [1.82, 2.24) is 9.97 Å². The third-order valence-electron chi connectivity index (χ3n) is 6.86. The van der Waals surface area contributed by atoms with Crippen LogP contribution in [0.1, 0.15) is 41.9 Å². The smallest absolute Gasteiger partial charge is 0.258 e. The largest absolute Gasteiger partial charge is 0.342 e. The first-order valence-corrected chi connectivity index (χ1v) is 12.1. The number of anilines is 3. The van der Waals surface area contributed by atoms with Gasteiger partial charge in [-0.3, -0.25) is 19.4 Å². The maximum absolute atomic E-state index is 13.1. The van der Waals surface area contributed by atoms with Crippen molar-refractivity contribution in [3.8, 4) is 0 Å². The minimum Gasteiger partial charge on any atom is -0.342 e. The summed E-state index contributed by atoms with van der Waals surface area (Å²) in [5, 5.41) is 5.52. The zero-order chi connectivity index (χ0) is 24.4. The molecule has 180 valence electrons. The molecule has 2 amide bonds. The summed E-state index contributed by atoms with van der Waals surface area (Å²) in [6.45, 7) is 3.50. The van der Waals surface area contributed by atoms with E-state index in [1.54, 1.807) is 12.1 Å². The van der Waals surface area contributed by atoms with Gasteiger partial charge in [0.25, 0.3) is 5.56 Å². The van der Waals surface area contributed by atoms with Gasteiger partial charge in [0.05, 0.1) is 11.5 Å². The molecule has 5 rings (SSSR count). The van der Waals surface area contributed by atoms with Gasteiger partial charge in [0.2, 0.25) is 17.8 Å². The second kappa shape index (κ2) is 9.74. The number of aryl methyl sites for hydroxylation is 1. The average molecular weight is 472 g/mol. The predicted octanol–water partition coefficient (Wildman–Crippen LogP) is 3.60. The van der Waals surface area contributed by atoms with Crippen molar-refractivity contribution in [2.75, 3.05) is 28.6 Å². The Morgan fingerprint density at radius 2 is 1.77 bits per heavy atom. The highest BCUT2D eigenvalue weighted by Gasteiger charge is 2.35. The molecular formula is C27H29N5O3. The molecule has 0 aliphatic carbocycles. The third-order valence-corrected chi connectivity index (χ3v) is 6.86. The van der Waals surface area contributed by atoms with Crippen molar-refractivity contribution < 1.29 is 9.59 Å². The lowest BCUT2D eigenvalue weighted by molar-refractivity contribution is -0.123. The zero-order valence-corrected chi connectivity index (χ0v) is 19.7. The highest BCUT2D eigenvalue weighted by molar-refractivity contribution is 6.04. The molecule has 3 aromatic rings. The number of hydrogen-bond acceptors (Lipinski definition) is 5. The lowest BCUT2D eigenvalue weighted by atomic mass is 9.90. The minimum absolute atomic E-state index is 0.0975. The van der Waals surface area contributed by atoms with E-state index in [-0.39, 0.29) is 29.3 Å². The van der Waals surface area contributed by atoms with Crippen LogP contribution in [0.15, 0.2) is 59.4 Å². The molecule has 3 N–H and O–H groups in total. The van der Waals surface area contributed by atoms with Crippen LogP contribution in [-0.4, -0.2) is 34.9 Å². The quantitative estimate of drug-likeness (QED) is 0.527. The number of amides is 2. The molecule has 1 aromatic heterocycles. The predicted molar refractivity (Wildman–Crippen MR) is 136 cm³/mol. The van der Waals surface area contributed by atoms with Crippen molar-refractivity contribution in [3.05, 3.63) is 81.6 Å². The number of hydrogen-bond donors (Lipinski definition) is 3. The topological polar surface area (TPSA) is 107 Å². The van der Waals surface area contributed by atoms with Gasteiger partial charge in [-0.1, -0.05) is 48.0 Å². The van der Waals surface area contributed by atoms with Crippen molar-refractivity contribution in [3.63, 3.8) is 0 Å². The van der Waals surface area contributed by atoms with Crippen molar-refractivity contribution in [2.24, 2.45) is 5.92 Å². The van der Waals surface area contributed by atoms with E-state index >= 15 is 0 Å². The number of benzene rings is 2. The minimum atomic E-state index is -0.901. The van der Waals surface area contributed by atoms with Crippen LogP contribution in [-0.2, 0) is 16.0 Å². The van der Waals surface area contributed by atoms with E-state index in [4.69, 9.17) is 0 Å². The first-order chi connectivity index (χ1) is 17.0. The Hall–Kier alpha value is -3.94. The van der Waals surface area contributed by atoms with Gasteiger partial charge in [-0.2, -0.15) is 4.98 Å². The van der Waals surface area contributed by atoms with Crippen LogP contribution < -0.4 is 21.1 Å². The van der Waals surface area contributed by atoms with Crippen LogP contribution in [0.25, 0.3) is 0 Å². The van der Waals surface area contributed by atoms with Gasteiger partial charge in [0.15, 0.2) is 0 Å². The number of fused-ring (bicyclic) bond motifs is 1. The molecule has 2 aliphatic heterocycles. The summed E-state index contributed by atoms with van der Waals surface area (Å²) in [6, 6.07) is 17.8. The summed E-state index contributed by atoms with van der Waals surface area (Å²) in [6.07, 6.45) is 2.92. The molecule has 0 saturated carbocycles. The Morgan fingerprint density at radius 3 is 2.49 bits per heavy atom. The van der Waals surface area contributed by atoms with E-state index in [0.29, 0.717) is 17.6 Å². The monoisotopic (exact) mass is 471 g/mol. The van der Waals surface area contributed by atoms with Crippen molar-refractivity contribution in [2.45, 2.75) is 38.5 Å². The van der Waals surface area contributed by atoms with E-state index in [2.05, 4.69) is 44.9 Å². The standard InChI is InChI=1S/C27H29N5O3/c1-17-7-9-20(10-8-17)28-25(34)21-16-22(33)29-24-23(21)26(35)31-27(30-24)32-13-11-19(12-14-32)15-18-5-3-2-4-6-18/h2-10,19,21H,11-16H2,1H3,(H,28,34)(H2,29,30,31,33,35)/t21-/m0/s1. The molecule has 0 spiro atoms. The molecule has 1 fully saturated rings. The lowest BCUT2D eigenvalue weighted by Gasteiger charge is -2.33. The normalized spacial score (nSPS) is 18.0. The highest BCUT2D eigenvalue weighted by Crippen LogP contribution is 2.31. The first kappa shape index (κ1) is 22.8. The summed E-state index contributed by atoms with van der Waals surface area (Å²) in [5.74, 6) is -0.435. The van der Waals surface area contributed by atoms with E-state index in [9.17, 15) is 14.4 Å². The number of carbonyl (C=O) groups is 2. The van der Waals surface area contributed by atoms with E-state index in [1.807, 2.05) is 30.0 Å². The van der Waals surface area contributed by atoms with Crippen LogP contribution in [0, 0.1) is 12.8 Å². The number of H-pyrrole nitrogens is 1. The van der Waals surface area contributed by atoms with E-state index < -0.39 is 11.8 Å². The maximum Gasteiger partial charge on any atom is 0.258 e. The van der Waals surface area contributed by atoms with Crippen LogP contribution in [0.4, 0.5) is 17.5 Å². The Morgan fingerprint density at radius 1 is 1.06 bits per heavy atom. The molecule has 1 saturated heterocycles. The first-order valence-electron chi connectivity index (χ1n) is 12.1. The van der Waals surface area contributed by atoms with Gasteiger partial charge < -0.3 is 15.5 Å². The second-order valence-corrected chi connectivity index (χ2v) is 9.43. The molecular weight excluding hydrogens is 442 g/mol. The fraction of sp³-hybridized carbons (Fsp3) is 0.333. The number of rotatable bonds is 5. The summed E-state index contributed by atoms with van der Waals surface area (Å²) >= 11 is 0. The number of nitrogens with zero attached hydrogens (tertiary/aromatic N) is 2. The Labute approximate surface area is 203 Å². The molecule has 2 aliphatic rings. The van der Waals surface area contributed by atoms with Crippen molar-refractivity contribution >= 4 is 29.3 Å². The molecule has 0 unspecified atom stereocenters. The van der Waals surface area contributed by atoms with E-state index in [0.717, 1.165) is 37.9 Å². The molecule has 0 bridgehead atoms. The fourth-order valence-electron chi connectivity index (χ4n) is 4.90. The van der Waals surface area contributed by atoms with Crippen LogP contribution >= 0.6 is 0 Å². The van der Waals surface area contributed by atoms with Crippen LogP contribution in [0.2, 0.25) is 0 Å². The Bertz CT molecular complexity index is 1280. The number of carbonyl (C=O) groups excluding carboxylic acids is 2. The summed E-state index contributed by atoms with van der Waals surface area (Å²) < 4.78 is 0. The Kier molecular flexibility index (Phi) is 6.35. The van der Waals surface area contributed by atoms with Gasteiger partial charge in [0.1, 0.15) is 5.82 Å². The molecule has 1 atom stereocenters. The summed E-state index contributed by atoms with van der Waals surface area (Å²) in [5.41, 5.74) is 2.84. The number of aromatic amines is 1. The zero-order valence-electron chi connectivity index (χ0n) is 19.7. The number of nitrogens with one attached hydrogen (secondary N) is 3. The lowest BCUT2D eigenvalue weighted by Crippen LogP contribution is -2.40. The summed E-state index contributed by atoms with van der Waals surface area (Å²) in [7, 11) is 0. The molecule has 0 radical (unpaired) electrons. The van der Waals surface area contributed by atoms with Gasteiger partial charge in [0, 0.05) is 25.2 Å². The van der Waals surface area contributed by atoms with Gasteiger partial charge in [-0.25, -0.2) is 0 Å². The van der Waals surface area contributed by atoms with Gasteiger partial charge in [-0.15, -0.1) is 0 Å². The third kappa shape index (κ3) is 5.11. The number of piperidine rings is 1. The molecule has 8 heteroatoms.